The summed E-state index contributed by atoms with van der Waals surface area (Å²) in [5.74, 6) is -0.0620. The fourth-order valence-electron chi connectivity index (χ4n) is 2.39. The van der Waals surface area contributed by atoms with E-state index in [0.29, 0.717) is 17.5 Å². The summed E-state index contributed by atoms with van der Waals surface area (Å²) < 4.78 is 0. The Labute approximate surface area is 127 Å². The number of hydrogen-bond acceptors (Lipinski definition) is 3. The van der Waals surface area contributed by atoms with Gasteiger partial charge in [0, 0.05) is 16.1 Å². The van der Waals surface area contributed by atoms with E-state index in [1.807, 2.05) is 34.6 Å². The molecular formula is C15H20BrNO3. The predicted octanol–water partition coefficient (Wildman–Crippen LogP) is 4.05. The molecule has 0 fully saturated rings. The monoisotopic (exact) mass is 341 g/mol. The fraction of sp³-hybridized carbons (Fsp3) is 0.533. The minimum Gasteiger partial charge on any atom is -0.293 e. The lowest BCUT2D eigenvalue weighted by molar-refractivity contribution is -0.496. The minimum absolute atomic E-state index is 0.0620. The topological polar surface area (TPSA) is 60.2 Å². The average molecular weight is 342 g/mol. The van der Waals surface area contributed by atoms with Crippen LogP contribution in [0.5, 0.6) is 0 Å². The molecule has 4 nitrogen and oxygen atoms in total. The molecule has 0 bridgehead atoms. The summed E-state index contributed by atoms with van der Waals surface area (Å²) >= 11 is 3.36. The first kappa shape index (κ1) is 16.8. The number of carbonyl (C=O) groups is 1. The lowest BCUT2D eigenvalue weighted by atomic mass is 9.86. The van der Waals surface area contributed by atoms with E-state index < -0.39 is 0 Å². The summed E-state index contributed by atoms with van der Waals surface area (Å²) in [5, 5.41) is 10.9. The second-order valence-corrected chi connectivity index (χ2v) is 6.19. The molecule has 0 aliphatic carbocycles. The van der Waals surface area contributed by atoms with Crippen LogP contribution in [0.2, 0.25) is 0 Å². The van der Waals surface area contributed by atoms with Gasteiger partial charge in [0.2, 0.25) is 6.54 Å². The van der Waals surface area contributed by atoms with Gasteiger partial charge < -0.3 is 0 Å². The van der Waals surface area contributed by atoms with Crippen molar-refractivity contribution in [2.24, 2.45) is 0 Å². The van der Waals surface area contributed by atoms with E-state index >= 15 is 0 Å². The summed E-state index contributed by atoms with van der Waals surface area (Å²) in [5.41, 5.74) is 4.84. The van der Waals surface area contributed by atoms with Crippen molar-refractivity contribution in [1.82, 2.24) is 0 Å². The van der Waals surface area contributed by atoms with E-state index in [1.54, 1.807) is 0 Å². The van der Waals surface area contributed by atoms with E-state index in [-0.39, 0.29) is 22.1 Å². The zero-order valence-electron chi connectivity index (χ0n) is 12.5. The Morgan fingerprint density at radius 1 is 1.15 bits per heavy atom. The third kappa shape index (κ3) is 3.08. The number of ketones is 1. The molecule has 0 saturated carbocycles. The highest BCUT2D eigenvalue weighted by molar-refractivity contribution is 9.10. The van der Waals surface area contributed by atoms with Crippen molar-refractivity contribution in [2.75, 3.05) is 0 Å². The number of Topliss-reactive ketones (excluding diaryl/α,β-unsaturated/α-hetero) is 1. The standard InChI is InChI=1S/C15H20BrNO3/c1-6-13(16)15(18)14-11(5)9(3)8(2)10(4)12(14)7-17(19)20/h13H,6-7H2,1-5H3. The van der Waals surface area contributed by atoms with E-state index in [1.165, 1.54) is 0 Å². The zero-order valence-corrected chi connectivity index (χ0v) is 14.1. The quantitative estimate of drug-likeness (QED) is 0.351. The molecule has 0 radical (unpaired) electrons. The smallest absolute Gasteiger partial charge is 0.229 e. The van der Waals surface area contributed by atoms with Crippen LogP contribution in [0.15, 0.2) is 0 Å². The number of nitrogens with zero attached hydrogens (tertiary/aromatic N) is 1. The summed E-state index contributed by atoms with van der Waals surface area (Å²) in [6.45, 7) is 9.23. The Kier molecular flexibility index (Phi) is 5.45. The molecule has 0 aliphatic heterocycles. The van der Waals surface area contributed by atoms with E-state index in [0.717, 1.165) is 22.3 Å². The Morgan fingerprint density at radius 2 is 1.65 bits per heavy atom. The van der Waals surface area contributed by atoms with Crippen molar-refractivity contribution in [3.63, 3.8) is 0 Å². The van der Waals surface area contributed by atoms with Gasteiger partial charge in [0.1, 0.15) is 0 Å². The maximum absolute atomic E-state index is 12.5. The highest BCUT2D eigenvalue weighted by atomic mass is 79.9. The molecule has 0 heterocycles. The number of rotatable bonds is 5. The van der Waals surface area contributed by atoms with E-state index in [9.17, 15) is 14.9 Å². The number of hydrogen-bond donors (Lipinski definition) is 0. The van der Waals surface area contributed by atoms with Crippen LogP contribution in [-0.2, 0) is 6.54 Å². The first-order chi connectivity index (χ1) is 9.22. The SMILES string of the molecule is CCC(Br)C(=O)c1c(C)c(C)c(C)c(C)c1C[N+](=O)[O-]. The molecule has 1 atom stereocenters. The molecule has 1 aromatic carbocycles. The van der Waals surface area contributed by atoms with Crippen molar-refractivity contribution < 1.29 is 9.72 Å². The summed E-state index contributed by atoms with van der Waals surface area (Å²) in [6.07, 6.45) is 0.655. The van der Waals surface area contributed by atoms with E-state index in [2.05, 4.69) is 15.9 Å². The van der Waals surface area contributed by atoms with Crippen LogP contribution in [0.1, 0.15) is 51.5 Å². The van der Waals surface area contributed by atoms with Crippen LogP contribution in [-0.4, -0.2) is 15.5 Å². The Morgan fingerprint density at radius 3 is 2.10 bits per heavy atom. The third-order valence-electron chi connectivity index (χ3n) is 3.99. The van der Waals surface area contributed by atoms with Crippen LogP contribution in [0.3, 0.4) is 0 Å². The molecule has 0 aliphatic rings. The highest BCUT2D eigenvalue weighted by Crippen LogP contribution is 2.29. The van der Waals surface area contributed by atoms with Gasteiger partial charge in [0.25, 0.3) is 0 Å². The molecule has 1 aromatic rings. The normalized spacial score (nSPS) is 12.3. The number of halogens is 1. The fourth-order valence-corrected chi connectivity index (χ4v) is 2.62. The van der Waals surface area contributed by atoms with Crippen LogP contribution < -0.4 is 0 Å². The summed E-state index contributed by atoms with van der Waals surface area (Å²) in [4.78, 5) is 22.8. The third-order valence-corrected chi connectivity index (χ3v) is 5.06. The maximum atomic E-state index is 12.5. The molecule has 0 saturated heterocycles. The largest absolute Gasteiger partial charge is 0.293 e. The minimum atomic E-state index is -0.373. The number of nitro groups is 1. The van der Waals surface area contributed by atoms with Gasteiger partial charge in [0.15, 0.2) is 5.78 Å². The molecule has 1 unspecified atom stereocenters. The van der Waals surface area contributed by atoms with Gasteiger partial charge in [-0.1, -0.05) is 22.9 Å². The highest BCUT2D eigenvalue weighted by Gasteiger charge is 2.26. The zero-order chi connectivity index (χ0) is 15.6. The van der Waals surface area contributed by atoms with Gasteiger partial charge in [-0.15, -0.1) is 0 Å². The molecule has 0 N–H and O–H groups in total. The van der Waals surface area contributed by atoms with Crippen LogP contribution in [0.25, 0.3) is 0 Å². The van der Waals surface area contributed by atoms with Gasteiger partial charge in [-0.3, -0.25) is 14.9 Å². The van der Waals surface area contributed by atoms with Gasteiger partial charge in [-0.2, -0.15) is 0 Å². The molecule has 1 rings (SSSR count). The molecule has 110 valence electrons. The second-order valence-electron chi connectivity index (χ2n) is 5.08. The Hall–Kier alpha value is -1.23. The van der Waals surface area contributed by atoms with Gasteiger partial charge >= 0.3 is 0 Å². The molecule has 5 heteroatoms. The summed E-state index contributed by atoms with van der Waals surface area (Å²) in [6, 6.07) is 0. The van der Waals surface area contributed by atoms with Crippen molar-refractivity contribution in [3.8, 4) is 0 Å². The number of carbonyl (C=O) groups excluding carboxylic acids is 1. The molecule has 0 aromatic heterocycles. The van der Waals surface area contributed by atoms with E-state index in [4.69, 9.17) is 0 Å². The van der Waals surface area contributed by atoms with Crippen molar-refractivity contribution in [1.29, 1.82) is 0 Å². The Balaban J connectivity index is 3.62. The maximum Gasteiger partial charge on any atom is 0.229 e. The lowest BCUT2D eigenvalue weighted by Gasteiger charge is -2.19. The lowest BCUT2D eigenvalue weighted by Crippen LogP contribution is -2.20. The first-order valence-electron chi connectivity index (χ1n) is 6.61. The van der Waals surface area contributed by atoms with Crippen molar-refractivity contribution >= 4 is 21.7 Å². The first-order valence-corrected chi connectivity index (χ1v) is 7.53. The summed E-state index contributed by atoms with van der Waals surface area (Å²) in [7, 11) is 0. The van der Waals surface area contributed by atoms with Crippen molar-refractivity contribution in [2.45, 2.75) is 52.4 Å². The molecule has 0 amide bonds. The van der Waals surface area contributed by atoms with Crippen LogP contribution in [0, 0.1) is 37.8 Å². The molecule has 0 spiro atoms. The average Bonchev–Trinajstić information content (AvgIpc) is 2.40. The second kappa shape index (κ2) is 6.48. The number of benzene rings is 1. The number of alkyl halides is 1. The van der Waals surface area contributed by atoms with Gasteiger partial charge in [-0.05, 0) is 56.4 Å². The van der Waals surface area contributed by atoms with Crippen molar-refractivity contribution in [3.05, 3.63) is 43.5 Å². The van der Waals surface area contributed by atoms with Crippen LogP contribution >= 0.6 is 15.9 Å². The molecule has 20 heavy (non-hydrogen) atoms. The molecular weight excluding hydrogens is 322 g/mol. The van der Waals surface area contributed by atoms with Crippen LogP contribution in [0.4, 0.5) is 0 Å². The predicted molar refractivity (Wildman–Crippen MR) is 83.4 cm³/mol. The van der Waals surface area contributed by atoms with Gasteiger partial charge in [0.05, 0.1) is 4.83 Å². The Bertz CT molecular complexity index is 567. The van der Waals surface area contributed by atoms with Gasteiger partial charge in [-0.25, -0.2) is 0 Å².